The number of aliphatic carboxylic acids is 1. The first-order valence-corrected chi connectivity index (χ1v) is 3.45. The number of esters is 1. The van der Waals surface area contributed by atoms with Crippen LogP contribution in [0.5, 0.6) is 0 Å². The highest BCUT2D eigenvalue weighted by atomic mass is 16.5. The first-order chi connectivity index (χ1) is 5.82. The first-order valence-electron chi connectivity index (χ1n) is 3.45. The molecular weight excluding hydrogens is 186 g/mol. The number of methoxy groups -OCH3 is 1. The van der Waals surface area contributed by atoms with Gasteiger partial charge >= 0.3 is 11.9 Å². The van der Waals surface area contributed by atoms with Crippen LogP contribution in [-0.2, 0) is 14.3 Å². The lowest BCUT2D eigenvalue weighted by Gasteiger charge is -1.91. The van der Waals surface area contributed by atoms with Gasteiger partial charge < -0.3 is 16.0 Å². The number of ether oxygens (including phenoxy) is 1. The van der Waals surface area contributed by atoms with Gasteiger partial charge in [0, 0.05) is 11.1 Å². The Labute approximate surface area is 83.7 Å². The lowest BCUT2D eigenvalue weighted by atomic mass is 10.4. The molecule has 0 aromatic heterocycles. The Morgan fingerprint density at radius 2 is 1.43 bits per heavy atom. The van der Waals surface area contributed by atoms with Gasteiger partial charge in [0.25, 0.3) is 0 Å². The van der Waals surface area contributed by atoms with Crippen molar-refractivity contribution in [2.45, 2.75) is 13.8 Å². The standard InChI is InChI=1S/C5H8O2.C4H6O2.H3N/c1-4(2)5(6)7-3;1-3(2)4(5)6;/h1H2,2-3H3;1H2,2H3,(H,5,6);1H3. The molecule has 5 heteroatoms. The Morgan fingerprint density at radius 1 is 1.14 bits per heavy atom. The molecule has 14 heavy (non-hydrogen) atoms. The molecule has 82 valence electrons. The van der Waals surface area contributed by atoms with Crippen LogP contribution >= 0.6 is 0 Å². The van der Waals surface area contributed by atoms with Crippen LogP contribution in [0, 0.1) is 0 Å². The van der Waals surface area contributed by atoms with Gasteiger partial charge in [0.15, 0.2) is 0 Å². The molecule has 0 amide bonds. The van der Waals surface area contributed by atoms with Crippen LogP contribution < -0.4 is 6.15 Å². The fourth-order valence-electron chi connectivity index (χ4n) is 0.174. The van der Waals surface area contributed by atoms with Crippen LogP contribution in [-0.4, -0.2) is 24.2 Å². The van der Waals surface area contributed by atoms with Gasteiger partial charge in [-0.1, -0.05) is 13.2 Å². The fraction of sp³-hybridized carbons (Fsp3) is 0.333. The molecule has 0 spiro atoms. The average Bonchev–Trinajstić information content (AvgIpc) is 2.03. The second kappa shape index (κ2) is 9.47. The van der Waals surface area contributed by atoms with Crippen LogP contribution in [0.15, 0.2) is 24.3 Å². The van der Waals surface area contributed by atoms with Crippen molar-refractivity contribution >= 4 is 11.9 Å². The van der Waals surface area contributed by atoms with Gasteiger partial charge in [-0.25, -0.2) is 9.59 Å². The van der Waals surface area contributed by atoms with E-state index in [0.717, 1.165) is 0 Å². The van der Waals surface area contributed by atoms with Crippen molar-refractivity contribution in [3.63, 3.8) is 0 Å². The normalized spacial score (nSPS) is 7.07. The minimum Gasteiger partial charge on any atom is -0.478 e. The van der Waals surface area contributed by atoms with Crippen molar-refractivity contribution in [2.24, 2.45) is 0 Å². The van der Waals surface area contributed by atoms with E-state index in [2.05, 4.69) is 17.9 Å². The third kappa shape index (κ3) is 13.0. The molecule has 0 heterocycles. The van der Waals surface area contributed by atoms with Gasteiger partial charge in [0.2, 0.25) is 0 Å². The largest absolute Gasteiger partial charge is 0.478 e. The number of carboxylic acid groups (broad SMARTS) is 1. The zero-order valence-corrected chi connectivity index (χ0v) is 8.79. The number of hydrogen-bond donors (Lipinski definition) is 2. The Hall–Kier alpha value is -1.62. The summed E-state index contributed by atoms with van der Waals surface area (Å²) in [5.74, 6) is -1.28. The van der Waals surface area contributed by atoms with Crippen LogP contribution in [0.2, 0.25) is 0 Å². The van der Waals surface area contributed by atoms with Crippen molar-refractivity contribution < 1.29 is 19.4 Å². The third-order valence-electron chi connectivity index (χ3n) is 0.899. The molecule has 0 aromatic rings. The molecule has 0 bridgehead atoms. The van der Waals surface area contributed by atoms with E-state index in [-0.39, 0.29) is 17.7 Å². The van der Waals surface area contributed by atoms with Gasteiger partial charge in [-0.05, 0) is 13.8 Å². The number of carbonyl (C=O) groups is 2. The topological polar surface area (TPSA) is 98.6 Å². The Kier molecular flexibility index (Phi) is 12.3. The van der Waals surface area contributed by atoms with Crippen molar-refractivity contribution in [2.75, 3.05) is 7.11 Å². The predicted octanol–water partition coefficient (Wildman–Crippen LogP) is 1.54. The summed E-state index contributed by atoms with van der Waals surface area (Å²) in [6, 6.07) is 0. The molecule has 0 aliphatic heterocycles. The van der Waals surface area contributed by atoms with Crippen molar-refractivity contribution in [1.82, 2.24) is 6.15 Å². The second-order valence-corrected chi connectivity index (χ2v) is 2.36. The van der Waals surface area contributed by atoms with Gasteiger partial charge in [0.1, 0.15) is 0 Å². The smallest absolute Gasteiger partial charge is 0.332 e. The average molecular weight is 203 g/mol. The third-order valence-corrected chi connectivity index (χ3v) is 0.899. The van der Waals surface area contributed by atoms with Crippen molar-refractivity contribution in [3.05, 3.63) is 24.3 Å². The highest BCUT2D eigenvalue weighted by Crippen LogP contribution is 1.87. The van der Waals surface area contributed by atoms with E-state index in [0.29, 0.717) is 5.57 Å². The van der Waals surface area contributed by atoms with Gasteiger partial charge in [-0.15, -0.1) is 0 Å². The van der Waals surface area contributed by atoms with Gasteiger partial charge in [0.05, 0.1) is 7.11 Å². The summed E-state index contributed by atoms with van der Waals surface area (Å²) in [4.78, 5) is 19.8. The molecule has 5 nitrogen and oxygen atoms in total. The van der Waals surface area contributed by atoms with E-state index in [4.69, 9.17) is 5.11 Å². The zero-order chi connectivity index (χ0) is 11.0. The molecule has 0 fully saturated rings. The molecular formula is C9H17NO4. The minimum absolute atomic E-state index is 0. The Bertz CT molecular complexity index is 221. The van der Waals surface area contributed by atoms with Crippen LogP contribution in [0.1, 0.15) is 13.8 Å². The lowest BCUT2D eigenvalue weighted by molar-refractivity contribution is -0.136. The van der Waals surface area contributed by atoms with Crippen LogP contribution in [0.4, 0.5) is 0 Å². The van der Waals surface area contributed by atoms with Crippen molar-refractivity contribution in [3.8, 4) is 0 Å². The summed E-state index contributed by atoms with van der Waals surface area (Å²) in [7, 11) is 1.33. The monoisotopic (exact) mass is 203 g/mol. The number of carboxylic acids is 1. The maximum atomic E-state index is 10.2. The molecule has 0 aliphatic carbocycles. The molecule has 0 aliphatic rings. The maximum absolute atomic E-state index is 10.2. The summed E-state index contributed by atoms with van der Waals surface area (Å²) in [6.07, 6.45) is 0. The number of carbonyl (C=O) groups excluding carboxylic acids is 1. The zero-order valence-electron chi connectivity index (χ0n) is 8.79. The first kappa shape index (κ1) is 18.2. The molecule has 0 saturated carbocycles. The van der Waals surface area contributed by atoms with E-state index >= 15 is 0 Å². The maximum Gasteiger partial charge on any atom is 0.332 e. The Morgan fingerprint density at radius 3 is 1.43 bits per heavy atom. The molecule has 0 radical (unpaired) electrons. The summed E-state index contributed by atoms with van der Waals surface area (Å²) in [5, 5.41) is 7.89. The van der Waals surface area contributed by atoms with E-state index in [9.17, 15) is 9.59 Å². The lowest BCUT2D eigenvalue weighted by Crippen LogP contribution is -1.98. The summed E-state index contributed by atoms with van der Waals surface area (Å²) < 4.78 is 4.27. The highest BCUT2D eigenvalue weighted by molar-refractivity contribution is 5.86. The summed E-state index contributed by atoms with van der Waals surface area (Å²) in [6.45, 7) is 9.56. The number of hydrogen-bond acceptors (Lipinski definition) is 4. The minimum atomic E-state index is -0.935. The fourth-order valence-corrected chi connectivity index (χ4v) is 0.174. The molecule has 0 saturated heterocycles. The Balaban J connectivity index is -0.000000163. The molecule has 0 unspecified atom stereocenters. The number of rotatable bonds is 2. The molecule has 0 aromatic carbocycles. The molecule has 4 N–H and O–H groups in total. The van der Waals surface area contributed by atoms with E-state index in [1.165, 1.54) is 14.0 Å². The summed E-state index contributed by atoms with van der Waals surface area (Å²) >= 11 is 0. The van der Waals surface area contributed by atoms with E-state index in [1.807, 2.05) is 0 Å². The van der Waals surface area contributed by atoms with Gasteiger partial charge in [-0.2, -0.15) is 0 Å². The molecule has 0 rings (SSSR count). The van der Waals surface area contributed by atoms with Crippen LogP contribution in [0.3, 0.4) is 0 Å². The predicted molar refractivity (Wildman–Crippen MR) is 54.3 cm³/mol. The highest BCUT2D eigenvalue weighted by Gasteiger charge is 1.95. The van der Waals surface area contributed by atoms with E-state index < -0.39 is 5.97 Å². The SMILES string of the molecule is C=C(C)C(=O)O.C=C(C)C(=O)OC.N. The van der Waals surface area contributed by atoms with Crippen LogP contribution in [0.25, 0.3) is 0 Å². The second-order valence-electron chi connectivity index (χ2n) is 2.36. The van der Waals surface area contributed by atoms with E-state index in [1.54, 1.807) is 6.92 Å². The van der Waals surface area contributed by atoms with Gasteiger partial charge in [-0.3, -0.25) is 0 Å². The quantitative estimate of drug-likeness (QED) is 0.524. The molecule has 0 atom stereocenters. The van der Waals surface area contributed by atoms with Crippen molar-refractivity contribution in [1.29, 1.82) is 0 Å². The summed E-state index contributed by atoms with van der Waals surface area (Å²) in [5.41, 5.74) is 0.609.